The van der Waals surface area contributed by atoms with Crippen molar-refractivity contribution in [2.45, 2.75) is 0 Å². The monoisotopic (exact) mass is 337 g/mol. The summed E-state index contributed by atoms with van der Waals surface area (Å²) >= 11 is 0. The second-order valence-electron chi connectivity index (χ2n) is 4.52. The molecule has 1 aliphatic carbocycles. The number of phosphoric ester groups is 1. The van der Waals surface area contributed by atoms with Crippen molar-refractivity contribution < 1.29 is 33.2 Å². The van der Waals surface area contributed by atoms with Gasteiger partial charge in [-0.3, -0.25) is 14.6 Å². The summed E-state index contributed by atoms with van der Waals surface area (Å²) in [5.41, 5.74) is -0.837. The van der Waals surface area contributed by atoms with Crippen LogP contribution in [-0.4, -0.2) is 25.8 Å². The minimum Gasteiger partial charge on any atom is -0.477 e. The number of hydrogen-bond donors (Lipinski definition) is 3. The summed E-state index contributed by atoms with van der Waals surface area (Å²) in [6.45, 7) is 0. The van der Waals surface area contributed by atoms with Gasteiger partial charge >= 0.3 is 13.8 Å². The van der Waals surface area contributed by atoms with Gasteiger partial charge in [-0.2, -0.15) is 0 Å². The van der Waals surface area contributed by atoms with Gasteiger partial charge in [0.2, 0.25) is 0 Å². The van der Waals surface area contributed by atoms with Crippen LogP contribution in [-0.2, 0) is 4.57 Å². The molecule has 0 saturated carbocycles. The molecule has 0 bridgehead atoms. The lowest BCUT2D eigenvalue weighted by Gasteiger charge is -2.10. The number of aromatic carboxylic acids is 1. The second-order valence-corrected chi connectivity index (χ2v) is 5.68. The number of nitrogens with zero attached hydrogens (tertiary/aromatic N) is 1. The predicted octanol–water partition coefficient (Wildman–Crippen LogP) is 1.46. The van der Waals surface area contributed by atoms with E-state index in [9.17, 15) is 14.2 Å². The van der Waals surface area contributed by atoms with E-state index in [0.717, 1.165) is 12.1 Å². The number of hydrogen-bond acceptors (Lipinski definition) is 6. The quantitative estimate of drug-likeness (QED) is 0.477. The third-order valence-electron chi connectivity index (χ3n) is 2.92. The predicted molar refractivity (Wildman–Crippen MR) is 76.5 cm³/mol. The molecule has 9 nitrogen and oxygen atoms in total. The highest BCUT2D eigenvalue weighted by Crippen LogP contribution is 2.38. The van der Waals surface area contributed by atoms with Crippen LogP contribution in [0.2, 0.25) is 0 Å². The fourth-order valence-corrected chi connectivity index (χ4v) is 2.44. The van der Waals surface area contributed by atoms with Crippen LogP contribution in [0, 0.1) is 0 Å². The average molecular weight is 337 g/mol. The van der Waals surface area contributed by atoms with E-state index in [1.54, 1.807) is 0 Å². The highest BCUT2D eigenvalue weighted by atomic mass is 31.2. The molecule has 0 fully saturated rings. The number of carboxylic acid groups (broad SMARTS) is 1. The van der Waals surface area contributed by atoms with Gasteiger partial charge in [-0.25, -0.2) is 14.3 Å². The Morgan fingerprint density at radius 1 is 1.22 bits per heavy atom. The molecule has 3 rings (SSSR count). The Morgan fingerprint density at radius 2 is 1.96 bits per heavy atom. The Bertz CT molecular complexity index is 1000. The largest absolute Gasteiger partial charge is 0.524 e. The van der Waals surface area contributed by atoms with E-state index < -0.39 is 24.8 Å². The summed E-state index contributed by atoms with van der Waals surface area (Å²) in [6.07, 6.45) is 0. The molecule has 0 amide bonds. The van der Waals surface area contributed by atoms with E-state index in [2.05, 4.69) is 9.51 Å². The number of aromatic nitrogens is 1. The van der Waals surface area contributed by atoms with E-state index in [1.165, 1.54) is 18.2 Å². The topological polar surface area (TPSA) is 147 Å². The van der Waals surface area contributed by atoms with Gasteiger partial charge in [0.25, 0.3) is 0 Å². The Hall–Kier alpha value is -2.74. The molecule has 3 N–H and O–H groups in total. The van der Waals surface area contributed by atoms with Crippen LogP contribution in [0.1, 0.15) is 10.4 Å². The van der Waals surface area contributed by atoms with Crippen LogP contribution < -0.4 is 9.95 Å². The van der Waals surface area contributed by atoms with E-state index >= 15 is 0 Å². The fourth-order valence-electron chi connectivity index (χ4n) is 2.05. The number of benzene rings is 2. The van der Waals surface area contributed by atoms with Crippen molar-refractivity contribution in [2.75, 3.05) is 0 Å². The summed E-state index contributed by atoms with van der Waals surface area (Å²) in [4.78, 5) is 44.6. The molecule has 118 valence electrons. The fraction of sp³-hybridized carbons (Fsp3) is 0. The molecule has 23 heavy (non-hydrogen) atoms. The smallest absolute Gasteiger partial charge is 0.477 e. The first-order valence-electron chi connectivity index (χ1n) is 6.11. The molecule has 2 aliphatic rings. The summed E-state index contributed by atoms with van der Waals surface area (Å²) in [5, 5.41) is 9.13. The maximum Gasteiger partial charge on any atom is 0.524 e. The molecular weight excluding hydrogens is 329 g/mol. The van der Waals surface area contributed by atoms with E-state index in [4.69, 9.17) is 19.3 Å². The standard InChI is InChI=1S/C13H8NO8P/c15-9-4-3-8-12(11(9)13(16)17)21-10-5-6(22-23(18,19)20)1-2-7(10)14-8/h1-5H,(H,16,17)(H2,18,19,20). The molecule has 1 aromatic carbocycles. The van der Waals surface area contributed by atoms with Gasteiger partial charge in [0.05, 0.1) is 0 Å². The average Bonchev–Trinajstić information content (AvgIpc) is 2.43. The van der Waals surface area contributed by atoms with Crippen LogP contribution >= 0.6 is 7.82 Å². The third kappa shape index (κ3) is 2.93. The van der Waals surface area contributed by atoms with Gasteiger partial charge in [0, 0.05) is 6.07 Å². The minimum atomic E-state index is -4.75. The molecule has 0 spiro atoms. The Kier molecular flexibility index (Phi) is 3.41. The first kappa shape index (κ1) is 15.2. The van der Waals surface area contributed by atoms with Crippen molar-refractivity contribution >= 4 is 24.9 Å². The highest BCUT2D eigenvalue weighted by Gasteiger charge is 2.22. The molecule has 10 heteroatoms. The van der Waals surface area contributed by atoms with E-state index in [-0.39, 0.29) is 22.8 Å². The summed E-state index contributed by atoms with van der Waals surface area (Å²) in [6, 6.07) is 6.20. The van der Waals surface area contributed by atoms with Crippen LogP contribution in [0.3, 0.4) is 0 Å². The zero-order valence-corrected chi connectivity index (χ0v) is 12.1. The zero-order valence-electron chi connectivity index (χ0n) is 11.2. The van der Waals surface area contributed by atoms with Crippen molar-refractivity contribution in [3.8, 4) is 17.2 Å². The SMILES string of the molecule is O=C(O)c1c2oc3cc(OP(=O)(O)O)ccc3nc-2ccc1=O. The molecule has 0 radical (unpaired) electrons. The lowest BCUT2D eigenvalue weighted by atomic mass is 10.1. The van der Waals surface area contributed by atoms with Crippen molar-refractivity contribution in [1.29, 1.82) is 0 Å². The van der Waals surface area contributed by atoms with Crippen LogP contribution in [0.25, 0.3) is 22.6 Å². The molecule has 0 saturated heterocycles. The van der Waals surface area contributed by atoms with Crippen molar-refractivity contribution in [3.05, 3.63) is 46.1 Å². The maximum absolute atomic E-state index is 11.7. The number of fused-ring (bicyclic) bond motifs is 2. The molecule has 0 atom stereocenters. The molecule has 1 aliphatic heterocycles. The van der Waals surface area contributed by atoms with Crippen molar-refractivity contribution in [3.63, 3.8) is 0 Å². The maximum atomic E-state index is 11.7. The first-order valence-corrected chi connectivity index (χ1v) is 7.64. The summed E-state index contributed by atoms with van der Waals surface area (Å²) < 4.78 is 20.7. The zero-order chi connectivity index (χ0) is 16.8. The Morgan fingerprint density at radius 3 is 2.61 bits per heavy atom. The van der Waals surface area contributed by atoms with Gasteiger partial charge in [-0.15, -0.1) is 0 Å². The van der Waals surface area contributed by atoms with Gasteiger partial charge in [-0.1, -0.05) is 0 Å². The lowest BCUT2D eigenvalue weighted by Crippen LogP contribution is -2.16. The van der Waals surface area contributed by atoms with Crippen LogP contribution in [0.5, 0.6) is 5.75 Å². The molecule has 1 heterocycles. The minimum absolute atomic E-state index is 0.0107. The summed E-state index contributed by atoms with van der Waals surface area (Å²) in [5.74, 6) is -1.88. The van der Waals surface area contributed by atoms with Gasteiger partial charge in [0.15, 0.2) is 22.3 Å². The first-order chi connectivity index (χ1) is 10.7. The molecule has 1 aromatic rings. The number of rotatable bonds is 3. The van der Waals surface area contributed by atoms with Crippen molar-refractivity contribution in [2.24, 2.45) is 0 Å². The summed E-state index contributed by atoms with van der Waals surface area (Å²) in [7, 11) is -4.75. The highest BCUT2D eigenvalue weighted by molar-refractivity contribution is 7.46. The van der Waals surface area contributed by atoms with Gasteiger partial charge in [0.1, 0.15) is 17.0 Å². The van der Waals surface area contributed by atoms with Gasteiger partial charge in [-0.05, 0) is 24.3 Å². The van der Waals surface area contributed by atoms with Crippen LogP contribution in [0.15, 0.2) is 39.5 Å². The van der Waals surface area contributed by atoms with Crippen LogP contribution in [0.4, 0.5) is 0 Å². The van der Waals surface area contributed by atoms with Gasteiger partial charge < -0.3 is 14.0 Å². The second kappa shape index (κ2) is 5.17. The Labute approximate surface area is 127 Å². The van der Waals surface area contributed by atoms with Crippen molar-refractivity contribution in [1.82, 2.24) is 4.98 Å². The van der Waals surface area contributed by atoms with E-state index in [1.807, 2.05) is 0 Å². The lowest BCUT2D eigenvalue weighted by molar-refractivity contribution is 0.0694. The number of carboxylic acids is 1. The van der Waals surface area contributed by atoms with E-state index in [0.29, 0.717) is 5.52 Å². The Balaban J connectivity index is 2.28. The molecule has 0 unspecified atom stereocenters. The number of carbonyl (C=O) groups is 1. The molecule has 0 aromatic heterocycles. The normalized spacial score (nSPS) is 11.7. The molecular formula is C13H8NO8P. The third-order valence-corrected chi connectivity index (χ3v) is 3.37. The number of phosphoric acid groups is 1.